The van der Waals surface area contributed by atoms with Crippen LogP contribution >= 0.6 is 0 Å². The van der Waals surface area contributed by atoms with Gasteiger partial charge in [-0.2, -0.15) is 0 Å². The molecule has 0 spiro atoms. The lowest BCUT2D eigenvalue weighted by Gasteiger charge is -2.28. The highest BCUT2D eigenvalue weighted by Gasteiger charge is 2.20. The molecule has 2 atom stereocenters. The Balaban J connectivity index is 1.09. The average Bonchev–Trinajstić information content (AvgIpc) is 3.21. The number of nitrogens with zero attached hydrogens (tertiary/aromatic N) is 2. The Morgan fingerprint density at radius 3 is 1.84 bits per heavy atom. The van der Waals surface area contributed by atoms with Gasteiger partial charge in [0, 0.05) is 11.4 Å². The van der Waals surface area contributed by atoms with E-state index in [2.05, 4.69) is 89.5 Å². The molecule has 250 valence electrons. The first kappa shape index (κ1) is 33.0. The Labute approximate surface area is 299 Å². The molecule has 6 N–H and O–H groups in total. The van der Waals surface area contributed by atoms with Crippen LogP contribution in [0.25, 0.3) is 22.5 Å². The summed E-state index contributed by atoms with van der Waals surface area (Å²) >= 11 is 0. The van der Waals surface area contributed by atoms with Crippen LogP contribution in [0.15, 0.2) is 192 Å². The number of allylic oxidation sites excluding steroid dienone is 1. The largest absolute Gasteiger partial charge is 0.398 e. The second-order valence-corrected chi connectivity index (χ2v) is 12.4. The molecule has 0 bridgehead atoms. The molecule has 6 nitrogen and oxygen atoms in total. The molecule has 0 saturated carbocycles. The summed E-state index contributed by atoms with van der Waals surface area (Å²) in [6.07, 6.45) is 3.58. The quantitative estimate of drug-likeness (QED) is 0.110. The minimum Gasteiger partial charge on any atom is -0.398 e. The zero-order valence-electron chi connectivity index (χ0n) is 28.2. The summed E-state index contributed by atoms with van der Waals surface area (Å²) in [5.74, 6) is 0.629. The van der Waals surface area contributed by atoms with Gasteiger partial charge in [-0.3, -0.25) is 4.99 Å². The van der Waals surface area contributed by atoms with Crippen molar-refractivity contribution in [3.05, 3.63) is 215 Å². The van der Waals surface area contributed by atoms with E-state index in [-0.39, 0.29) is 6.04 Å². The molecule has 0 aliphatic carbocycles. The lowest BCUT2D eigenvalue weighted by Crippen LogP contribution is -2.43. The van der Waals surface area contributed by atoms with Crippen molar-refractivity contribution in [2.45, 2.75) is 18.8 Å². The topological polar surface area (TPSA) is 101 Å². The summed E-state index contributed by atoms with van der Waals surface area (Å²) < 4.78 is 0. The molecule has 1 aliphatic rings. The number of hydrogen-bond donors (Lipinski definition) is 4. The third-order valence-electron chi connectivity index (χ3n) is 8.83. The van der Waals surface area contributed by atoms with E-state index in [1.807, 2.05) is 103 Å². The highest BCUT2D eigenvalue weighted by Crippen LogP contribution is 2.26. The van der Waals surface area contributed by atoms with Gasteiger partial charge in [-0.1, -0.05) is 170 Å². The SMILES string of the molecule is N/C(=C\C(=N/Cc1ccccc1)c1ccc(-c2ccc(C(N)/N=C3\NC(c4ccccc4)=CC(c4ccccc4)N3)cc2)cc1)c1ccccc1. The van der Waals surface area contributed by atoms with Crippen molar-refractivity contribution < 1.29 is 0 Å². The Morgan fingerprint density at radius 1 is 0.627 bits per heavy atom. The molecule has 6 heteroatoms. The van der Waals surface area contributed by atoms with Crippen LogP contribution in [-0.4, -0.2) is 11.7 Å². The zero-order valence-corrected chi connectivity index (χ0v) is 28.2. The van der Waals surface area contributed by atoms with Crippen molar-refractivity contribution in [2.24, 2.45) is 21.5 Å². The first-order valence-corrected chi connectivity index (χ1v) is 17.1. The lowest BCUT2D eigenvalue weighted by atomic mass is 9.99. The molecule has 0 amide bonds. The number of hydrogen-bond acceptors (Lipinski definition) is 4. The molecular weight excluding hydrogens is 625 g/mol. The highest BCUT2D eigenvalue weighted by atomic mass is 15.2. The third-order valence-corrected chi connectivity index (χ3v) is 8.83. The molecule has 1 heterocycles. The van der Waals surface area contributed by atoms with Crippen molar-refractivity contribution in [1.82, 2.24) is 10.6 Å². The van der Waals surface area contributed by atoms with E-state index in [4.69, 9.17) is 21.5 Å². The fourth-order valence-corrected chi connectivity index (χ4v) is 6.02. The zero-order chi connectivity index (χ0) is 34.8. The third kappa shape index (κ3) is 8.39. The van der Waals surface area contributed by atoms with E-state index in [1.54, 1.807) is 0 Å². The standard InChI is InChI=1S/C45H40N6/c46-40(35-15-7-2-8-16-35)29-41(48-31-32-13-5-1-6-14-32)38-25-21-33(22-26-38)34-23-27-39(28-24-34)44(47)51-45-49-42(36-17-9-3-10-18-36)30-43(50-45)37-19-11-4-12-20-37/h1-30,42,44H,31,46-47H2,(H2,49,50,51)/b40-29-,48-41+. The number of nitrogens with two attached hydrogens (primary N) is 2. The van der Waals surface area contributed by atoms with Gasteiger partial charge in [0.1, 0.15) is 6.17 Å². The maximum absolute atomic E-state index is 6.67. The molecule has 0 fully saturated rings. The molecule has 51 heavy (non-hydrogen) atoms. The summed E-state index contributed by atoms with van der Waals surface area (Å²) in [6.45, 7) is 0.560. The fourth-order valence-electron chi connectivity index (χ4n) is 6.02. The van der Waals surface area contributed by atoms with Gasteiger partial charge in [-0.15, -0.1) is 0 Å². The smallest absolute Gasteiger partial charge is 0.198 e. The van der Waals surface area contributed by atoms with E-state index >= 15 is 0 Å². The molecule has 0 saturated heterocycles. The highest BCUT2D eigenvalue weighted by molar-refractivity contribution is 6.12. The van der Waals surface area contributed by atoms with E-state index in [0.29, 0.717) is 18.2 Å². The number of benzene rings is 6. The fraction of sp³-hybridized carbons (Fsp3) is 0.0667. The summed E-state index contributed by atoms with van der Waals surface area (Å²) in [7, 11) is 0. The molecule has 1 aliphatic heterocycles. The van der Waals surface area contributed by atoms with Crippen LogP contribution in [0.2, 0.25) is 0 Å². The van der Waals surface area contributed by atoms with Crippen molar-refractivity contribution in [1.29, 1.82) is 0 Å². The predicted octanol–water partition coefficient (Wildman–Crippen LogP) is 8.63. The Morgan fingerprint density at radius 2 is 1.20 bits per heavy atom. The molecular formula is C45H40N6. The Kier molecular flexibility index (Phi) is 10.2. The van der Waals surface area contributed by atoms with Gasteiger partial charge in [0.05, 0.1) is 18.3 Å². The van der Waals surface area contributed by atoms with Crippen molar-refractivity contribution >= 4 is 23.1 Å². The summed E-state index contributed by atoms with van der Waals surface area (Å²) in [4.78, 5) is 9.85. The van der Waals surface area contributed by atoms with Crippen LogP contribution in [0.4, 0.5) is 0 Å². The summed E-state index contributed by atoms with van der Waals surface area (Å²) in [5, 5.41) is 6.98. The van der Waals surface area contributed by atoms with E-state index in [9.17, 15) is 0 Å². The van der Waals surface area contributed by atoms with E-state index in [0.717, 1.165) is 55.9 Å². The first-order chi connectivity index (χ1) is 25.1. The summed E-state index contributed by atoms with van der Waals surface area (Å²) in [6, 6.07) is 57.5. The van der Waals surface area contributed by atoms with E-state index in [1.165, 1.54) is 0 Å². The number of nitrogens with one attached hydrogen (secondary N) is 2. The van der Waals surface area contributed by atoms with Crippen molar-refractivity contribution in [3.8, 4) is 11.1 Å². The second kappa shape index (κ2) is 15.8. The Hall–Kier alpha value is -6.50. The van der Waals surface area contributed by atoms with Crippen molar-refractivity contribution in [3.63, 3.8) is 0 Å². The van der Waals surface area contributed by atoms with Crippen LogP contribution < -0.4 is 22.1 Å². The molecule has 6 aromatic carbocycles. The normalized spacial score (nSPS) is 16.1. The maximum Gasteiger partial charge on any atom is 0.198 e. The van der Waals surface area contributed by atoms with Gasteiger partial charge in [-0.25, -0.2) is 4.99 Å². The van der Waals surface area contributed by atoms with Gasteiger partial charge in [-0.05, 0) is 56.7 Å². The van der Waals surface area contributed by atoms with Gasteiger partial charge in [0.2, 0.25) is 0 Å². The minimum atomic E-state index is -0.562. The van der Waals surface area contributed by atoms with Crippen LogP contribution in [-0.2, 0) is 6.54 Å². The Bertz CT molecular complexity index is 2160. The van der Waals surface area contributed by atoms with Crippen LogP contribution in [0.5, 0.6) is 0 Å². The van der Waals surface area contributed by atoms with Gasteiger partial charge < -0.3 is 22.1 Å². The molecule has 2 unspecified atom stereocenters. The lowest BCUT2D eigenvalue weighted by molar-refractivity contribution is 0.709. The second-order valence-electron chi connectivity index (χ2n) is 12.4. The molecule has 0 radical (unpaired) electrons. The maximum atomic E-state index is 6.67. The van der Waals surface area contributed by atoms with Crippen molar-refractivity contribution in [2.75, 3.05) is 0 Å². The summed E-state index contributed by atoms with van der Waals surface area (Å²) in [5.41, 5.74) is 24.1. The molecule has 7 rings (SSSR count). The number of rotatable bonds is 10. The van der Waals surface area contributed by atoms with Gasteiger partial charge in [0.15, 0.2) is 5.96 Å². The molecule has 0 aromatic heterocycles. The number of guanidine groups is 1. The van der Waals surface area contributed by atoms with E-state index < -0.39 is 6.17 Å². The number of aliphatic imine (C=N–C) groups is 2. The monoisotopic (exact) mass is 664 g/mol. The first-order valence-electron chi connectivity index (χ1n) is 17.1. The van der Waals surface area contributed by atoms with Gasteiger partial charge in [0.25, 0.3) is 0 Å². The molecule has 6 aromatic rings. The van der Waals surface area contributed by atoms with Crippen LogP contribution in [0.1, 0.15) is 45.6 Å². The minimum absolute atomic E-state index is 0.0480. The predicted molar refractivity (Wildman–Crippen MR) is 211 cm³/mol. The van der Waals surface area contributed by atoms with Crippen LogP contribution in [0.3, 0.4) is 0 Å². The average molecular weight is 665 g/mol. The van der Waals surface area contributed by atoms with Gasteiger partial charge >= 0.3 is 0 Å². The van der Waals surface area contributed by atoms with Crippen LogP contribution in [0, 0.1) is 0 Å².